The number of carbonyl (C=O) groups is 1. The van der Waals surface area contributed by atoms with E-state index in [0.717, 1.165) is 17.5 Å². The number of ether oxygens (including phenoxy) is 1. The highest BCUT2D eigenvalue weighted by atomic mass is 16.5. The van der Waals surface area contributed by atoms with Crippen LogP contribution < -0.4 is 0 Å². The molecule has 1 rings (SSSR count). The molecule has 1 N–H and O–H groups in total. The van der Waals surface area contributed by atoms with E-state index in [0.29, 0.717) is 12.8 Å². The molecule has 0 fully saturated rings. The van der Waals surface area contributed by atoms with Gasteiger partial charge in [0.1, 0.15) is 5.75 Å². The van der Waals surface area contributed by atoms with Crippen molar-refractivity contribution in [1.29, 1.82) is 0 Å². The summed E-state index contributed by atoms with van der Waals surface area (Å²) in [5, 5.41) is 9.30. The first-order valence-corrected chi connectivity index (χ1v) is 6.05. The quantitative estimate of drug-likeness (QED) is 0.820. The molecule has 17 heavy (non-hydrogen) atoms. The van der Waals surface area contributed by atoms with Gasteiger partial charge in [0.05, 0.1) is 7.11 Å². The van der Waals surface area contributed by atoms with Gasteiger partial charge in [0, 0.05) is 6.42 Å². The summed E-state index contributed by atoms with van der Waals surface area (Å²) in [5.41, 5.74) is 2.18. The van der Waals surface area contributed by atoms with Gasteiger partial charge in [-0.3, -0.25) is 4.79 Å². The third-order valence-corrected chi connectivity index (χ3v) is 2.40. The van der Waals surface area contributed by atoms with Crippen LogP contribution in [0.1, 0.15) is 38.3 Å². The highest BCUT2D eigenvalue weighted by Crippen LogP contribution is 2.18. The minimum atomic E-state index is -0.204. The third kappa shape index (κ3) is 5.38. The molecule has 0 bridgehead atoms. The lowest BCUT2D eigenvalue weighted by molar-refractivity contribution is -0.140. The van der Waals surface area contributed by atoms with Gasteiger partial charge < -0.3 is 9.84 Å². The second kappa shape index (κ2) is 8.62. The maximum Gasteiger partial charge on any atom is 0.305 e. The van der Waals surface area contributed by atoms with Crippen LogP contribution in [0, 0.1) is 0 Å². The molecule has 0 heterocycles. The van der Waals surface area contributed by atoms with E-state index in [1.165, 1.54) is 7.11 Å². The van der Waals surface area contributed by atoms with Crippen LogP contribution in [0.4, 0.5) is 0 Å². The minimum absolute atomic E-state index is 0.204. The fourth-order valence-corrected chi connectivity index (χ4v) is 1.52. The van der Waals surface area contributed by atoms with Gasteiger partial charge in [-0.15, -0.1) is 0 Å². The monoisotopic (exact) mass is 238 g/mol. The Bertz CT molecular complexity index is 345. The fraction of sp³-hybridized carbons (Fsp3) is 0.500. The largest absolute Gasteiger partial charge is 0.508 e. The topological polar surface area (TPSA) is 46.5 Å². The van der Waals surface area contributed by atoms with Crippen LogP contribution in [0.25, 0.3) is 0 Å². The van der Waals surface area contributed by atoms with E-state index in [1.807, 2.05) is 26.8 Å². The van der Waals surface area contributed by atoms with Crippen molar-refractivity contribution >= 4 is 5.97 Å². The Morgan fingerprint density at radius 3 is 2.47 bits per heavy atom. The van der Waals surface area contributed by atoms with Gasteiger partial charge >= 0.3 is 5.97 Å². The molecule has 1 aromatic rings. The van der Waals surface area contributed by atoms with Gasteiger partial charge in [-0.1, -0.05) is 26.8 Å². The summed E-state index contributed by atoms with van der Waals surface area (Å²) in [7, 11) is 1.39. The van der Waals surface area contributed by atoms with Crippen LogP contribution in [-0.4, -0.2) is 18.2 Å². The summed E-state index contributed by atoms with van der Waals surface area (Å²) in [6.45, 7) is 6.02. The molecule has 0 aliphatic heterocycles. The van der Waals surface area contributed by atoms with Gasteiger partial charge in [0.25, 0.3) is 0 Å². The lowest BCUT2D eigenvalue weighted by Gasteiger charge is -2.07. The molecule has 0 amide bonds. The zero-order chi connectivity index (χ0) is 13.3. The van der Waals surface area contributed by atoms with Crippen molar-refractivity contribution in [2.75, 3.05) is 7.11 Å². The van der Waals surface area contributed by atoms with E-state index < -0.39 is 0 Å². The molecule has 96 valence electrons. The Hall–Kier alpha value is -1.51. The van der Waals surface area contributed by atoms with Crippen LogP contribution in [0.5, 0.6) is 5.75 Å². The lowest BCUT2D eigenvalue weighted by Crippen LogP contribution is -2.03. The van der Waals surface area contributed by atoms with E-state index in [4.69, 9.17) is 0 Å². The fourth-order valence-electron chi connectivity index (χ4n) is 1.52. The van der Waals surface area contributed by atoms with E-state index in [9.17, 15) is 9.90 Å². The number of carbonyl (C=O) groups excluding carboxylic acids is 1. The Morgan fingerprint density at radius 2 is 1.94 bits per heavy atom. The molecule has 1 aromatic carbocycles. The third-order valence-electron chi connectivity index (χ3n) is 2.40. The molecule has 0 aliphatic carbocycles. The van der Waals surface area contributed by atoms with Crippen molar-refractivity contribution in [2.24, 2.45) is 0 Å². The molecule has 0 saturated carbocycles. The average molecular weight is 238 g/mol. The number of phenols is 1. The van der Waals surface area contributed by atoms with Crippen LogP contribution >= 0.6 is 0 Å². The standard InChI is InChI=1S/C12H16O3.C2H6/c1-3-9-8-11(13)6-4-10(9)5-7-12(14)15-2;1-2/h4,6,8,13H,3,5,7H2,1-2H3;1-2H3. The highest BCUT2D eigenvalue weighted by molar-refractivity contribution is 5.69. The number of benzene rings is 1. The van der Waals surface area contributed by atoms with Gasteiger partial charge in [0.15, 0.2) is 0 Å². The summed E-state index contributed by atoms with van der Waals surface area (Å²) < 4.78 is 4.58. The van der Waals surface area contributed by atoms with Crippen LogP contribution in [0.15, 0.2) is 18.2 Å². The number of phenolic OH excluding ortho intramolecular Hbond substituents is 1. The van der Waals surface area contributed by atoms with Crippen molar-refractivity contribution in [3.63, 3.8) is 0 Å². The first kappa shape index (κ1) is 15.5. The zero-order valence-corrected chi connectivity index (χ0v) is 11.1. The van der Waals surface area contributed by atoms with Crippen molar-refractivity contribution in [3.8, 4) is 5.75 Å². The predicted octanol–water partition coefficient (Wildman–Crippen LogP) is 3.09. The second-order valence-corrected chi connectivity index (χ2v) is 3.38. The Balaban J connectivity index is 0.00000121. The highest BCUT2D eigenvalue weighted by Gasteiger charge is 2.05. The number of methoxy groups -OCH3 is 1. The summed E-state index contributed by atoms with van der Waals surface area (Å²) in [4.78, 5) is 11.0. The van der Waals surface area contributed by atoms with Crippen molar-refractivity contribution < 1.29 is 14.6 Å². The number of hydrogen-bond acceptors (Lipinski definition) is 3. The smallest absolute Gasteiger partial charge is 0.305 e. The molecule has 0 atom stereocenters. The summed E-state index contributed by atoms with van der Waals surface area (Å²) in [6.07, 6.45) is 1.90. The van der Waals surface area contributed by atoms with Gasteiger partial charge in [0.2, 0.25) is 0 Å². The molecule has 3 nitrogen and oxygen atoms in total. The molecule has 3 heteroatoms. The average Bonchev–Trinajstić information content (AvgIpc) is 2.39. The molecule has 0 unspecified atom stereocenters. The van der Waals surface area contributed by atoms with E-state index in [1.54, 1.807) is 12.1 Å². The summed E-state index contributed by atoms with van der Waals surface area (Å²) >= 11 is 0. The maximum absolute atomic E-state index is 11.0. The molecule has 0 radical (unpaired) electrons. The van der Waals surface area contributed by atoms with Crippen LogP contribution in [-0.2, 0) is 22.4 Å². The summed E-state index contributed by atoms with van der Waals surface area (Å²) in [6, 6.07) is 5.25. The first-order chi connectivity index (χ1) is 8.17. The van der Waals surface area contributed by atoms with E-state index >= 15 is 0 Å². The normalized spacial score (nSPS) is 9.18. The molecular formula is C14H22O3. The Kier molecular flexibility index (Phi) is 7.85. The SMILES string of the molecule is CC.CCc1cc(O)ccc1CCC(=O)OC. The molecule has 0 spiro atoms. The Labute approximate surface area is 103 Å². The maximum atomic E-state index is 11.0. The van der Waals surface area contributed by atoms with Crippen molar-refractivity contribution in [2.45, 2.75) is 40.0 Å². The number of esters is 1. The molecule has 0 saturated heterocycles. The second-order valence-electron chi connectivity index (χ2n) is 3.38. The van der Waals surface area contributed by atoms with Crippen molar-refractivity contribution in [3.05, 3.63) is 29.3 Å². The summed E-state index contributed by atoms with van der Waals surface area (Å²) in [5.74, 6) is 0.0683. The van der Waals surface area contributed by atoms with E-state index in [2.05, 4.69) is 4.74 Å². The minimum Gasteiger partial charge on any atom is -0.508 e. The van der Waals surface area contributed by atoms with E-state index in [-0.39, 0.29) is 11.7 Å². The van der Waals surface area contributed by atoms with Gasteiger partial charge in [-0.2, -0.15) is 0 Å². The Morgan fingerprint density at radius 1 is 1.29 bits per heavy atom. The molecular weight excluding hydrogens is 216 g/mol. The van der Waals surface area contributed by atoms with Gasteiger partial charge in [-0.05, 0) is 36.1 Å². The zero-order valence-electron chi connectivity index (χ0n) is 11.1. The predicted molar refractivity (Wildman–Crippen MR) is 69.2 cm³/mol. The number of aromatic hydroxyl groups is 1. The molecule has 0 aliphatic rings. The van der Waals surface area contributed by atoms with Crippen molar-refractivity contribution in [1.82, 2.24) is 0 Å². The number of aryl methyl sites for hydroxylation is 2. The van der Waals surface area contributed by atoms with Gasteiger partial charge in [-0.25, -0.2) is 0 Å². The first-order valence-electron chi connectivity index (χ1n) is 6.05. The number of hydrogen-bond donors (Lipinski definition) is 1. The van der Waals surface area contributed by atoms with Crippen LogP contribution in [0.3, 0.4) is 0 Å². The lowest BCUT2D eigenvalue weighted by atomic mass is 10.0. The number of rotatable bonds is 4. The van der Waals surface area contributed by atoms with Crippen LogP contribution in [0.2, 0.25) is 0 Å². The molecule has 0 aromatic heterocycles.